The van der Waals surface area contributed by atoms with Gasteiger partial charge in [-0.2, -0.15) is 0 Å². The molecule has 96 valence electrons. The summed E-state index contributed by atoms with van der Waals surface area (Å²) in [5.41, 5.74) is 9.53. The van der Waals surface area contributed by atoms with E-state index in [-0.39, 0.29) is 5.91 Å². The number of aromatic nitrogens is 1. The highest BCUT2D eigenvalue weighted by molar-refractivity contribution is 7.11. The Bertz CT molecular complexity index is 638. The molecule has 0 spiro atoms. The highest BCUT2D eigenvalue weighted by Crippen LogP contribution is 2.18. The number of benzene rings is 1. The second-order valence-electron chi connectivity index (χ2n) is 3.86. The molecule has 0 aliphatic carbocycles. The van der Waals surface area contributed by atoms with Crippen LogP contribution in [0, 0.1) is 18.8 Å². The first-order valence-electron chi connectivity index (χ1n) is 5.70. The molecule has 1 amide bonds. The van der Waals surface area contributed by atoms with E-state index < -0.39 is 0 Å². The van der Waals surface area contributed by atoms with Crippen molar-refractivity contribution < 1.29 is 4.79 Å². The Labute approximate surface area is 115 Å². The average Bonchev–Trinajstić information content (AvgIpc) is 2.93. The molecule has 4 nitrogen and oxygen atoms in total. The number of hydrogen-bond acceptors (Lipinski definition) is 4. The van der Waals surface area contributed by atoms with E-state index in [1.54, 1.807) is 11.7 Å². The number of carbonyl (C=O) groups is 1. The number of anilines is 1. The molecule has 0 radical (unpaired) electrons. The Kier molecular flexibility index (Phi) is 4.29. The van der Waals surface area contributed by atoms with Gasteiger partial charge in [-0.1, -0.05) is 17.9 Å². The second kappa shape index (κ2) is 6.14. The minimum absolute atomic E-state index is 0.158. The van der Waals surface area contributed by atoms with E-state index in [1.807, 2.05) is 25.1 Å². The lowest BCUT2D eigenvalue weighted by Crippen LogP contribution is -2.11. The zero-order chi connectivity index (χ0) is 13.7. The maximum atomic E-state index is 12.0. The van der Waals surface area contributed by atoms with Crippen molar-refractivity contribution in [1.82, 2.24) is 4.98 Å². The van der Waals surface area contributed by atoms with Crippen LogP contribution < -0.4 is 11.1 Å². The molecule has 1 heterocycles. The smallest absolute Gasteiger partial charge is 0.267 e. The summed E-state index contributed by atoms with van der Waals surface area (Å²) in [5.74, 6) is 5.58. The van der Waals surface area contributed by atoms with E-state index in [9.17, 15) is 4.79 Å². The standard InChI is InChI=1S/C14H13N3OS/c1-10-4-5-11(3-2-6-15)7-12(10)17-14(18)13-8-16-9-19-13/h4-5,7-9H,6,15H2,1H3,(H,17,18). The fourth-order valence-corrected chi connectivity index (χ4v) is 2.01. The van der Waals surface area contributed by atoms with E-state index in [0.29, 0.717) is 11.4 Å². The molecule has 0 unspecified atom stereocenters. The van der Waals surface area contributed by atoms with Crippen LogP contribution in [0.15, 0.2) is 29.9 Å². The maximum Gasteiger partial charge on any atom is 0.267 e. The zero-order valence-corrected chi connectivity index (χ0v) is 11.3. The van der Waals surface area contributed by atoms with Crippen LogP contribution in [-0.4, -0.2) is 17.4 Å². The molecule has 1 aromatic heterocycles. The Balaban J connectivity index is 2.22. The first-order chi connectivity index (χ1) is 9.20. The molecular formula is C14H13N3OS. The summed E-state index contributed by atoms with van der Waals surface area (Å²) in [4.78, 5) is 16.4. The summed E-state index contributed by atoms with van der Waals surface area (Å²) < 4.78 is 0. The molecule has 3 N–H and O–H groups in total. The van der Waals surface area contributed by atoms with Crippen LogP contribution in [0.1, 0.15) is 20.8 Å². The van der Waals surface area contributed by atoms with Crippen LogP contribution in [-0.2, 0) is 0 Å². The molecule has 0 aliphatic heterocycles. The van der Waals surface area contributed by atoms with Crippen molar-refractivity contribution >= 4 is 22.9 Å². The molecular weight excluding hydrogens is 258 g/mol. The van der Waals surface area contributed by atoms with E-state index in [0.717, 1.165) is 16.8 Å². The highest BCUT2D eigenvalue weighted by Gasteiger charge is 2.09. The van der Waals surface area contributed by atoms with E-state index in [4.69, 9.17) is 5.73 Å². The quantitative estimate of drug-likeness (QED) is 0.821. The third kappa shape index (κ3) is 3.41. The molecule has 2 rings (SSSR count). The van der Waals surface area contributed by atoms with Gasteiger partial charge >= 0.3 is 0 Å². The van der Waals surface area contributed by atoms with Crippen LogP contribution in [0.5, 0.6) is 0 Å². The minimum atomic E-state index is -0.158. The zero-order valence-electron chi connectivity index (χ0n) is 10.4. The van der Waals surface area contributed by atoms with Crippen LogP contribution >= 0.6 is 11.3 Å². The summed E-state index contributed by atoms with van der Waals surface area (Å²) in [7, 11) is 0. The Morgan fingerprint density at radius 1 is 1.53 bits per heavy atom. The number of nitrogens with two attached hydrogens (primary N) is 1. The highest BCUT2D eigenvalue weighted by atomic mass is 32.1. The maximum absolute atomic E-state index is 12.0. The Morgan fingerprint density at radius 2 is 2.37 bits per heavy atom. The first-order valence-corrected chi connectivity index (χ1v) is 6.58. The monoisotopic (exact) mass is 271 g/mol. The van der Waals surface area contributed by atoms with Crippen molar-refractivity contribution in [2.24, 2.45) is 5.73 Å². The molecule has 0 fully saturated rings. The van der Waals surface area contributed by atoms with Gasteiger partial charge in [-0.3, -0.25) is 9.78 Å². The van der Waals surface area contributed by atoms with Crippen molar-refractivity contribution in [2.75, 3.05) is 11.9 Å². The molecule has 19 heavy (non-hydrogen) atoms. The van der Waals surface area contributed by atoms with Gasteiger partial charge in [0.05, 0.1) is 18.3 Å². The first kappa shape index (κ1) is 13.3. The predicted molar refractivity (Wildman–Crippen MR) is 77.2 cm³/mol. The summed E-state index contributed by atoms with van der Waals surface area (Å²) in [6, 6.07) is 5.67. The van der Waals surface area contributed by atoms with Crippen molar-refractivity contribution in [3.05, 3.63) is 45.9 Å². The molecule has 5 heteroatoms. The van der Waals surface area contributed by atoms with Gasteiger partial charge in [-0.05, 0) is 24.6 Å². The molecule has 1 aromatic carbocycles. The van der Waals surface area contributed by atoms with Crippen LogP contribution in [0.3, 0.4) is 0 Å². The number of aryl methyl sites for hydroxylation is 1. The summed E-state index contributed by atoms with van der Waals surface area (Å²) >= 11 is 1.31. The minimum Gasteiger partial charge on any atom is -0.321 e. The van der Waals surface area contributed by atoms with Crippen LogP contribution in [0.2, 0.25) is 0 Å². The molecule has 2 aromatic rings. The van der Waals surface area contributed by atoms with Gasteiger partial charge in [0.15, 0.2) is 0 Å². The molecule has 0 bridgehead atoms. The van der Waals surface area contributed by atoms with Crippen LogP contribution in [0.25, 0.3) is 0 Å². The Morgan fingerprint density at radius 3 is 3.05 bits per heavy atom. The largest absolute Gasteiger partial charge is 0.321 e. The van der Waals surface area contributed by atoms with Crippen molar-refractivity contribution in [3.63, 3.8) is 0 Å². The van der Waals surface area contributed by atoms with E-state index in [2.05, 4.69) is 22.1 Å². The molecule has 0 saturated heterocycles. The van der Waals surface area contributed by atoms with E-state index in [1.165, 1.54) is 11.3 Å². The average molecular weight is 271 g/mol. The fraction of sp³-hybridized carbons (Fsp3) is 0.143. The van der Waals surface area contributed by atoms with Gasteiger partial charge in [0.25, 0.3) is 5.91 Å². The van der Waals surface area contributed by atoms with Gasteiger partial charge in [0, 0.05) is 11.3 Å². The van der Waals surface area contributed by atoms with Crippen molar-refractivity contribution in [3.8, 4) is 11.8 Å². The van der Waals surface area contributed by atoms with Gasteiger partial charge in [-0.15, -0.1) is 11.3 Å². The lowest BCUT2D eigenvalue weighted by atomic mass is 10.1. The number of thiazole rings is 1. The summed E-state index contributed by atoms with van der Waals surface area (Å²) in [6.45, 7) is 2.25. The lowest BCUT2D eigenvalue weighted by molar-refractivity contribution is 0.103. The summed E-state index contributed by atoms with van der Waals surface area (Å²) in [5, 5.41) is 2.86. The number of nitrogens with zero attached hydrogens (tertiary/aromatic N) is 1. The van der Waals surface area contributed by atoms with Gasteiger partial charge < -0.3 is 11.1 Å². The van der Waals surface area contributed by atoms with Gasteiger partial charge in [-0.25, -0.2) is 0 Å². The summed E-state index contributed by atoms with van der Waals surface area (Å²) in [6.07, 6.45) is 1.55. The van der Waals surface area contributed by atoms with E-state index >= 15 is 0 Å². The third-order valence-electron chi connectivity index (χ3n) is 2.48. The second-order valence-corrected chi connectivity index (χ2v) is 4.74. The van der Waals surface area contributed by atoms with Gasteiger partial charge in [0.2, 0.25) is 0 Å². The van der Waals surface area contributed by atoms with Crippen molar-refractivity contribution in [2.45, 2.75) is 6.92 Å². The number of rotatable bonds is 2. The topological polar surface area (TPSA) is 68.0 Å². The SMILES string of the molecule is Cc1ccc(C#CCN)cc1NC(=O)c1cncs1. The predicted octanol–water partition coefficient (Wildman–Crippen LogP) is 2.01. The third-order valence-corrected chi connectivity index (χ3v) is 3.25. The van der Waals surface area contributed by atoms with Crippen LogP contribution in [0.4, 0.5) is 5.69 Å². The number of nitrogens with one attached hydrogen (secondary N) is 1. The molecule has 0 saturated carbocycles. The van der Waals surface area contributed by atoms with Crippen molar-refractivity contribution in [1.29, 1.82) is 0 Å². The van der Waals surface area contributed by atoms with Gasteiger partial charge in [0.1, 0.15) is 4.88 Å². The number of amides is 1. The lowest BCUT2D eigenvalue weighted by Gasteiger charge is -2.07. The fourth-order valence-electron chi connectivity index (χ4n) is 1.50. The number of carbonyl (C=O) groups excluding carboxylic acids is 1. The Hall–Kier alpha value is -2.16. The molecule has 0 atom stereocenters. The molecule has 0 aliphatic rings. The number of hydrogen-bond donors (Lipinski definition) is 2. The normalized spacial score (nSPS) is 9.58.